The van der Waals surface area contributed by atoms with E-state index in [0.29, 0.717) is 12.3 Å². The molecule has 0 saturated carbocycles. The second kappa shape index (κ2) is 5.36. The smallest absolute Gasteiger partial charge is 0.331 e. The molecule has 102 valence electrons. The van der Waals surface area contributed by atoms with Gasteiger partial charge in [-0.05, 0) is 18.6 Å². The number of hydrogen-bond donors (Lipinski definition) is 2. The molecule has 1 fully saturated rings. The van der Waals surface area contributed by atoms with E-state index in [4.69, 9.17) is 4.74 Å². The van der Waals surface area contributed by atoms with Crippen LogP contribution in [0, 0.1) is 6.92 Å². The Balaban J connectivity index is 2.05. The fourth-order valence-electron chi connectivity index (χ4n) is 2.05. The van der Waals surface area contributed by atoms with Gasteiger partial charge >= 0.3 is 5.97 Å². The van der Waals surface area contributed by atoms with Crippen LogP contribution in [0.25, 0.3) is 0 Å². The summed E-state index contributed by atoms with van der Waals surface area (Å²) in [6.07, 6.45) is 1.97. The van der Waals surface area contributed by atoms with Gasteiger partial charge in [0, 0.05) is 19.2 Å². The second-order valence-corrected chi connectivity index (χ2v) is 4.68. The first-order chi connectivity index (χ1) is 9.03. The minimum Gasteiger partial charge on any atom is -0.479 e. The van der Waals surface area contributed by atoms with Gasteiger partial charge in [-0.2, -0.15) is 0 Å². The molecule has 19 heavy (non-hydrogen) atoms. The lowest BCUT2D eigenvalue weighted by atomic mass is 9.98. The highest BCUT2D eigenvalue weighted by molar-refractivity contribution is 5.88. The zero-order valence-corrected chi connectivity index (χ0v) is 10.7. The maximum Gasteiger partial charge on any atom is 0.331 e. The van der Waals surface area contributed by atoms with E-state index in [0.717, 1.165) is 5.56 Å². The van der Waals surface area contributed by atoms with Crippen LogP contribution in [-0.2, 0) is 20.7 Å². The first-order valence-corrected chi connectivity index (χ1v) is 6.06. The Morgan fingerprint density at radius 1 is 1.58 bits per heavy atom. The molecule has 1 aromatic rings. The van der Waals surface area contributed by atoms with E-state index in [1.165, 1.54) is 0 Å². The molecule has 2 N–H and O–H groups in total. The molecule has 0 bridgehead atoms. The third kappa shape index (κ3) is 2.90. The number of amides is 1. The summed E-state index contributed by atoms with van der Waals surface area (Å²) < 4.78 is 5.09. The van der Waals surface area contributed by atoms with Crippen LogP contribution < -0.4 is 5.32 Å². The molecule has 2 heterocycles. The summed E-state index contributed by atoms with van der Waals surface area (Å²) in [5.41, 5.74) is 0.268. The minimum absolute atomic E-state index is 0.00920. The topological polar surface area (TPSA) is 88.5 Å². The monoisotopic (exact) mass is 264 g/mol. The lowest BCUT2D eigenvalue weighted by Gasteiger charge is -2.23. The van der Waals surface area contributed by atoms with E-state index in [2.05, 4.69) is 10.3 Å². The molecule has 1 atom stereocenters. The maximum atomic E-state index is 12.0. The SMILES string of the molecule is Cc1cccnc1CC(=O)NC1(C(=O)O)CCOC1. The largest absolute Gasteiger partial charge is 0.479 e. The van der Waals surface area contributed by atoms with E-state index >= 15 is 0 Å². The fraction of sp³-hybridized carbons (Fsp3) is 0.462. The molecule has 6 nitrogen and oxygen atoms in total. The summed E-state index contributed by atoms with van der Waals surface area (Å²) in [5, 5.41) is 11.8. The third-order valence-corrected chi connectivity index (χ3v) is 3.26. The van der Waals surface area contributed by atoms with Crippen LogP contribution >= 0.6 is 0 Å². The highest BCUT2D eigenvalue weighted by atomic mass is 16.5. The van der Waals surface area contributed by atoms with Gasteiger partial charge < -0.3 is 15.2 Å². The number of aromatic nitrogens is 1. The van der Waals surface area contributed by atoms with Crippen molar-refractivity contribution >= 4 is 11.9 Å². The molecule has 2 rings (SSSR count). The van der Waals surface area contributed by atoms with Crippen LogP contribution in [0.5, 0.6) is 0 Å². The van der Waals surface area contributed by atoms with E-state index in [-0.39, 0.29) is 25.4 Å². The standard InChI is InChI=1S/C13H16N2O4/c1-9-3-2-5-14-10(9)7-11(16)15-13(12(17)18)4-6-19-8-13/h2-3,5H,4,6-8H2,1H3,(H,15,16)(H,17,18). The van der Waals surface area contributed by atoms with Gasteiger partial charge in [-0.1, -0.05) is 6.07 Å². The van der Waals surface area contributed by atoms with Crippen molar-refractivity contribution in [2.24, 2.45) is 0 Å². The zero-order chi connectivity index (χ0) is 13.9. The summed E-state index contributed by atoms with van der Waals surface area (Å²) in [5.74, 6) is -1.41. The highest BCUT2D eigenvalue weighted by Crippen LogP contribution is 2.19. The Hall–Kier alpha value is -1.95. The number of pyridine rings is 1. The van der Waals surface area contributed by atoms with E-state index in [9.17, 15) is 14.7 Å². The van der Waals surface area contributed by atoms with Gasteiger partial charge in [-0.15, -0.1) is 0 Å². The molecule has 1 aromatic heterocycles. The molecule has 1 amide bonds. The normalized spacial score (nSPS) is 22.2. The summed E-state index contributed by atoms with van der Waals surface area (Å²) in [6, 6.07) is 3.65. The van der Waals surface area contributed by atoms with Crippen molar-refractivity contribution in [3.8, 4) is 0 Å². The van der Waals surface area contributed by atoms with Gasteiger partial charge in [0.25, 0.3) is 0 Å². The summed E-state index contributed by atoms with van der Waals surface area (Å²) in [4.78, 5) is 27.3. The van der Waals surface area contributed by atoms with Gasteiger partial charge in [-0.3, -0.25) is 9.78 Å². The van der Waals surface area contributed by atoms with Gasteiger partial charge in [0.05, 0.1) is 18.7 Å². The molecule has 0 spiro atoms. The molecule has 1 unspecified atom stereocenters. The summed E-state index contributed by atoms with van der Waals surface area (Å²) in [7, 11) is 0. The number of ether oxygens (including phenoxy) is 1. The van der Waals surface area contributed by atoms with E-state index in [1.54, 1.807) is 12.3 Å². The van der Waals surface area contributed by atoms with Gasteiger partial charge in [0.2, 0.25) is 5.91 Å². The number of nitrogens with zero attached hydrogens (tertiary/aromatic N) is 1. The summed E-state index contributed by atoms with van der Waals surface area (Å²) in [6.45, 7) is 2.21. The van der Waals surface area contributed by atoms with Crippen LogP contribution in [-0.4, -0.2) is 40.7 Å². The molecule has 0 radical (unpaired) electrons. The molecule has 1 saturated heterocycles. The van der Waals surface area contributed by atoms with Crippen molar-refractivity contribution in [2.45, 2.75) is 25.3 Å². The van der Waals surface area contributed by atoms with Crippen LogP contribution in [0.2, 0.25) is 0 Å². The number of carbonyl (C=O) groups is 2. The molecular formula is C13H16N2O4. The van der Waals surface area contributed by atoms with Crippen molar-refractivity contribution < 1.29 is 19.4 Å². The zero-order valence-electron chi connectivity index (χ0n) is 10.7. The summed E-state index contributed by atoms with van der Waals surface area (Å²) >= 11 is 0. The number of carboxylic acid groups (broad SMARTS) is 1. The van der Waals surface area contributed by atoms with Crippen molar-refractivity contribution in [1.82, 2.24) is 10.3 Å². The minimum atomic E-state index is -1.29. The number of aliphatic carboxylic acids is 1. The molecule has 0 aliphatic carbocycles. The predicted octanol–water partition coefficient (Wildman–Crippen LogP) is 0.292. The Bertz CT molecular complexity index is 495. The first kappa shape index (κ1) is 13.5. The number of carbonyl (C=O) groups excluding carboxylic acids is 1. The lowest BCUT2D eigenvalue weighted by Crippen LogP contribution is -2.55. The average Bonchev–Trinajstić information content (AvgIpc) is 2.82. The highest BCUT2D eigenvalue weighted by Gasteiger charge is 2.43. The number of carboxylic acids is 1. The van der Waals surface area contributed by atoms with Gasteiger partial charge in [0.1, 0.15) is 0 Å². The molecule has 0 aromatic carbocycles. The van der Waals surface area contributed by atoms with Crippen molar-refractivity contribution in [3.05, 3.63) is 29.6 Å². The lowest BCUT2D eigenvalue weighted by molar-refractivity contribution is -0.147. The maximum absolute atomic E-state index is 12.0. The van der Waals surface area contributed by atoms with Crippen LogP contribution in [0.1, 0.15) is 17.7 Å². The van der Waals surface area contributed by atoms with Crippen molar-refractivity contribution in [2.75, 3.05) is 13.2 Å². The predicted molar refractivity (Wildman–Crippen MR) is 66.6 cm³/mol. The Morgan fingerprint density at radius 3 is 2.95 bits per heavy atom. The van der Waals surface area contributed by atoms with Crippen molar-refractivity contribution in [1.29, 1.82) is 0 Å². The van der Waals surface area contributed by atoms with Crippen LogP contribution in [0.15, 0.2) is 18.3 Å². The van der Waals surface area contributed by atoms with Crippen LogP contribution in [0.3, 0.4) is 0 Å². The van der Waals surface area contributed by atoms with Gasteiger partial charge in [0.15, 0.2) is 5.54 Å². The fourth-order valence-corrected chi connectivity index (χ4v) is 2.05. The van der Waals surface area contributed by atoms with Crippen molar-refractivity contribution in [3.63, 3.8) is 0 Å². The Kier molecular flexibility index (Phi) is 3.80. The average molecular weight is 264 g/mol. The van der Waals surface area contributed by atoms with Crippen LogP contribution in [0.4, 0.5) is 0 Å². The Labute approximate surface area is 110 Å². The number of hydrogen-bond acceptors (Lipinski definition) is 4. The molecule has 1 aliphatic heterocycles. The quantitative estimate of drug-likeness (QED) is 0.816. The second-order valence-electron chi connectivity index (χ2n) is 4.68. The Morgan fingerprint density at radius 2 is 2.37 bits per heavy atom. The van der Waals surface area contributed by atoms with Gasteiger partial charge in [-0.25, -0.2) is 4.79 Å². The molecular weight excluding hydrogens is 248 g/mol. The van der Waals surface area contributed by atoms with E-state index in [1.807, 2.05) is 13.0 Å². The third-order valence-electron chi connectivity index (χ3n) is 3.26. The first-order valence-electron chi connectivity index (χ1n) is 6.06. The number of rotatable bonds is 4. The number of aryl methyl sites for hydroxylation is 1. The number of nitrogens with one attached hydrogen (secondary N) is 1. The molecule has 6 heteroatoms. The van der Waals surface area contributed by atoms with E-state index < -0.39 is 11.5 Å². The molecule has 1 aliphatic rings.